The van der Waals surface area contributed by atoms with Gasteiger partial charge in [0.15, 0.2) is 0 Å². The fourth-order valence-corrected chi connectivity index (χ4v) is 2.47. The maximum atomic E-state index is 5.40. The smallest absolute Gasteiger partial charge is 0.145 e. The van der Waals surface area contributed by atoms with Crippen molar-refractivity contribution in [3.8, 4) is 0 Å². The molecule has 1 aromatic heterocycles. The Morgan fingerprint density at radius 1 is 1.25 bits per heavy atom. The van der Waals surface area contributed by atoms with Crippen molar-refractivity contribution in [2.45, 2.75) is 20.0 Å². The lowest BCUT2D eigenvalue weighted by atomic mass is 10.2. The first kappa shape index (κ1) is 14.9. The van der Waals surface area contributed by atoms with Gasteiger partial charge in [0.25, 0.3) is 0 Å². The summed E-state index contributed by atoms with van der Waals surface area (Å²) >= 11 is 3.48. The van der Waals surface area contributed by atoms with Crippen LogP contribution in [0.3, 0.4) is 0 Å². The summed E-state index contributed by atoms with van der Waals surface area (Å²) in [4.78, 5) is 10.9. The highest BCUT2D eigenvalue weighted by molar-refractivity contribution is 9.10. The van der Waals surface area contributed by atoms with Gasteiger partial charge in [0.1, 0.15) is 11.6 Å². The molecule has 20 heavy (non-hydrogen) atoms. The van der Waals surface area contributed by atoms with E-state index in [1.54, 1.807) is 0 Å². The molecule has 0 saturated carbocycles. The minimum Gasteiger partial charge on any atom is -0.308 e. The molecular formula is C14H18BrN5. The predicted octanol–water partition coefficient (Wildman–Crippen LogP) is 2.47. The van der Waals surface area contributed by atoms with Crippen LogP contribution in [-0.2, 0) is 13.1 Å². The van der Waals surface area contributed by atoms with Crippen molar-refractivity contribution in [3.63, 3.8) is 0 Å². The third-order valence-corrected chi connectivity index (χ3v) is 3.29. The van der Waals surface area contributed by atoms with Crippen molar-refractivity contribution in [2.24, 2.45) is 5.84 Å². The average molecular weight is 336 g/mol. The van der Waals surface area contributed by atoms with Crippen molar-refractivity contribution in [1.82, 2.24) is 14.9 Å². The maximum Gasteiger partial charge on any atom is 0.145 e. The van der Waals surface area contributed by atoms with E-state index >= 15 is 0 Å². The minimum absolute atomic E-state index is 0.642. The van der Waals surface area contributed by atoms with Gasteiger partial charge in [-0.1, -0.05) is 28.1 Å². The molecule has 2 aromatic rings. The summed E-state index contributed by atoms with van der Waals surface area (Å²) in [6.07, 6.45) is 0. The molecule has 0 aliphatic rings. The highest BCUT2D eigenvalue weighted by Gasteiger charge is 2.06. The molecule has 0 unspecified atom stereocenters. The molecule has 5 nitrogen and oxygen atoms in total. The molecule has 6 heteroatoms. The second kappa shape index (κ2) is 6.78. The Balaban J connectivity index is 2.04. The van der Waals surface area contributed by atoms with Crippen LogP contribution in [0.15, 0.2) is 34.8 Å². The number of anilines is 1. The van der Waals surface area contributed by atoms with E-state index in [2.05, 4.69) is 48.4 Å². The van der Waals surface area contributed by atoms with E-state index in [-0.39, 0.29) is 0 Å². The normalized spacial score (nSPS) is 10.8. The lowest BCUT2D eigenvalue weighted by Crippen LogP contribution is -2.20. The molecule has 1 aromatic carbocycles. The number of aromatic nitrogens is 2. The lowest BCUT2D eigenvalue weighted by Gasteiger charge is -2.16. The molecule has 0 radical (unpaired) electrons. The van der Waals surface area contributed by atoms with E-state index in [1.807, 2.05) is 32.2 Å². The Morgan fingerprint density at radius 3 is 2.75 bits per heavy atom. The fourth-order valence-electron chi connectivity index (χ4n) is 2.02. The predicted molar refractivity (Wildman–Crippen MR) is 83.9 cm³/mol. The summed E-state index contributed by atoms with van der Waals surface area (Å²) in [5.41, 5.74) is 4.71. The molecule has 3 N–H and O–H groups in total. The van der Waals surface area contributed by atoms with Gasteiger partial charge in [0.2, 0.25) is 0 Å². The number of nitrogens with zero attached hydrogens (tertiary/aromatic N) is 3. The van der Waals surface area contributed by atoms with Gasteiger partial charge in [-0.25, -0.2) is 15.8 Å². The minimum atomic E-state index is 0.642. The highest BCUT2D eigenvalue weighted by atomic mass is 79.9. The number of hydrazine groups is 1. The number of hydrogen-bond acceptors (Lipinski definition) is 5. The van der Waals surface area contributed by atoms with Crippen molar-refractivity contribution in [2.75, 3.05) is 12.5 Å². The van der Waals surface area contributed by atoms with Crippen molar-refractivity contribution in [3.05, 3.63) is 51.9 Å². The average Bonchev–Trinajstić information content (AvgIpc) is 2.37. The zero-order valence-corrected chi connectivity index (χ0v) is 13.2. The van der Waals surface area contributed by atoms with Gasteiger partial charge in [-0.15, -0.1) is 0 Å². The Labute approximate surface area is 127 Å². The van der Waals surface area contributed by atoms with Crippen LogP contribution in [-0.4, -0.2) is 21.9 Å². The number of aryl methyl sites for hydroxylation is 1. The number of nitrogens with two attached hydrogens (primary N) is 1. The quantitative estimate of drug-likeness (QED) is 0.649. The van der Waals surface area contributed by atoms with Gasteiger partial charge < -0.3 is 5.43 Å². The molecule has 0 fully saturated rings. The Kier molecular flexibility index (Phi) is 5.05. The number of halogens is 1. The summed E-state index contributed by atoms with van der Waals surface area (Å²) in [7, 11) is 2.04. The molecule has 2 rings (SSSR count). The summed E-state index contributed by atoms with van der Waals surface area (Å²) in [6.45, 7) is 3.44. The second-order valence-electron chi connectivity index (χ2n) is 4.76. The third-order valence-electron chi connectivity index (χ3n) is 2.80. The largest absolute Gasteiger partial charge is 0.308 e. The van der Waals surface area contributed by atoms with Crippen molar-refractivity contribution in [1.29, 1.82) is 0 Å². The highest BCUT2D eigenvalue weighted by Crippen LogP contribution is 2.14. The number of nitrogen functional groups attached to an aromatic ring is 1. The van der Waals surface area contributed by atoms with E-state index in [9.17, 15) is 0 Å². The van der Waals surface area contributed by atoms with Gasteiger partial charge in [0, 0.05) is 22.8 Å². The van der Waals surface area contributed by atoms with Crippen molar-refractivity contribution >= 4 is 21.7 Å². The summed E-state index contributed by atoms with van der Waals surface area (Å²) in [5, 5.41) is 0. The van der Waals surface area contributed by atoms with Crippen LogP contribution in [0.5, 0.6) is 0 Å². The monoisotopic (exact) mass is 335 g/mol. The molecule has 0 saturated heterocycles. The standard InChI is InChI=1S/C14H18BrN5/c1-10-6-13(19-16)18-14(17-10)9-20(2)8-11-4-3-5-12(15)7-11/h3-7H,8-9,16H2,1-2H3,(H,17,18,19). The number of benzene rings is 1. The number of rotatable bonds is 5. The summed E-state index contributed by atoms with van der Waals surface area (Å²) < 4.78 is 1.09. The number of nitrogens with one attached hydrogen (secondary N) is 1. The van der Waals surface area contributed by atoms with Gasteiger partial charge in [-0.2, -0.15) is 0 Å². The van der Waals surface area contributed by atoms with E-state index in [0.717, 1.165) is 22.5 Å². The van der Waals surface area contributed by atoms with E-state index in [0.29, 0.717) is 12.4 Å². The molecule has 0 aliphatic carbocycles. The fraction of sp³-hybridized carbons (Fsp3) is 0.286. The maximum absolute atomic E-state index is 5.40. The van der Waals surface area contributed by atoms with Crippen LogP contribution >= 0.6 is 15.9 Å². The van der Waals surface area contributed by atoms with Crippen LogP contribution in [0.4, 0.5) is 5.82 Å². The van der Waals surface area contributed by atoms with Gasteiger partial charge in [-0.3, -0.25) is 4.90 Å². The third kappa shape index (κ3) is 4.26. The Bertz CT molecular complexity index is 588. The zero-order chi connectivity index (χ0) is 14.5. The first-order valence-corrected chi connectivity index (χ1v) is 7.10. The first-order valence-electron chi connectivity index (χ1n) is 6.31. The molecule has 1 heterocycles. The van der Waals surface area contributed by atoms with E-state index in [1.165, 1.54) is 5.56 Å². The molecule has 0 spiro atoms. The number of hydrogen-bond donors (Lipinski definition) is 2. The van der Waals surface area contributed by atoms with Crippen LogP contribution in [0, 0.1) is 6.92 Å². The summed E-state index contributed by atoms with van der Waals surface area (Å²) in [5.74, 6) is 6.80. The lowest BCUT2D eigenvalue weighted by molar-refractivity contribution is 0.310. The van der Waals surface area contributed by atoms with Crippen LogP contribution in [0.25, 0.3) is 0 Å². The van der Waals surface area contributed by atoms with Crippen LogP contribution in [0.1, 0.15) is 17.1 Å². The van der Waals surface area contributed by atoms with Crippen molar-refractivity contribution < 1.29 is 0 Å². The molecule has 0 aliphatic heterocycles. The Hall–Kier alpha value is -1.50. The molecular weight excluding hydrogens is 318 g/mol. The Morgan fingerprint density at radius 2 is 2.05 bits per heavy atom. The molecule has 106 valence electrons. The van der Waals surface area contributed by atoms with Crippen LogP contribution in [0.2, 0.25) is 0 Å². The van der Waals surface area contributed by atoms with E-state index in [4.69, 9.17) is 5.84 Å². The summed E-state index contributed by atoms with van der Waals surface area (Å²) in [6, 6.07) is 10.1. The van der Waals surface area contributed by atoms with Gasteiger partial charge in [0.05, 0.1) is 6.54 Å². The van der Waals surface area contributed by atoms with Gasteiger partial charge in [-0.05, 0) is 31.7 Å². The van der Waals surface area contributed by atoms with Crippen LogP contribution < -0.4 is 11.3 Å². The topological polar surface area (TPSA) is 67.1 Å². The molecule has 0 bridgehead atoms. The van der Waals surface area contributed by atoms with Gasteiger partial charge >= 0.3 is 0 Å². The van der Waals surface area contributed by atoms with E-state index < -0.39 is 0 Å². The SMILES string of the molecule is Cc1cc(NN)nc(CN(C)Cc2cccc(Br)c2)n1. The molecule has 0 amide bonds. The first-order chi connectivity index (χ1) is 9.56. The molecule has 0 atom stereocenters. The zero-order valence-electron chi connectivity index (χ0n) is 11.6. The second-order valence-corrected chi connectivity index (χ2v) is 5.67.